The third-order valence-corrected chi connectivity index (χ3v) is 5.93. The minimum atomic E-state index is -2.02. The van der Waals surface area contributed by atoms with Gasteiger partial charge in [-0.2, -0.15) is 41.9 Å². The molecule has 0 radical (unpaired) electrons. The van der Waals surface area contributed by atoms with E-state index in [9.17, 15) is 0 Å². The van der Waals surface area contributed by atoms with E-state index in [0.717, 1.165) is 10.5 Å². The first kappa shape index (κ1) is 16.1. The summed E-state index contributed by atoms with van der Waals surface area (Å²) in [7, 11) is 0. The fourth-order valence-electron chi connectivity index (χ4n) is 3.07. The smallest absolute Gasteiger partial charge is 0.766 e. The summed E-state index contributed by atoms with van der Waals surface area (Å²) >= 11 is 1.65. The van der Waals surface area contributed by atoms with Gasteiger partial charge in [-0.25, -0.2) is 5.57 Å². The molecule has 0 fully saturated rings. The maximum atomic E-state index is 8.06. The molecule has 0 bridgehead atoms. The van der Waals surface area contributed by atoms with E-state index in [1.165, 1.54) is 12.3 Å². The molecule has 4 heteroatoms. The number of aromatic nitrogens is 1. The summed E-state index contributed by atoms with van der Waals surface area (Å²) in [5, 5.41) is 4.09. The van der Waals surface area contributed by atoms with Crippen LogP contribution in [-0.4, -0.2) is 16.8 Å². The molecule has 34 heavy (non-hydrogen) atoms. The molecule has 3 unspecified atom stereocenters. The summed E-state index contributed by atoms with van der Waals surface area (Å²) in [6.07, 6.45) is 4.73. The zero-order valence-corrected chi connectivity index (χ0v) is 21.4. The molecule has 2 aliphatic rings. The van der Waals surface area contributed by atoms with Crippen molar-refractivity contribution < 1.29 is 33.8 Å². The van der Waals surface area contributed by atoms with E-state index in [2.05, 4.69) is 22.9 Å². The van der Waals surface area contributed by atoms with Gasteiger partial charge >= 0.3 is 20.1 Å². The third kappa shape index (κ3) is 7.99. The van der Waals surface area contributed by atoms with Gasteiger partial charge in [0.15, 0.2) is 0 Å². The summed E-state index contributed by atoms with van der Waals surface area (Å²) in [6.45, 7) is 4.99. The van der Waals surface area contributed by atoms with Gasteiger partial charge in [0, 0.05) is 33.5 Å². The monoisotopic (exact) mass is 652 g/mol. The Balaban J connectivity index is 0.000000267. The number of rotatable bonds is 3. The Hall–Kier alpha value is -2.65. The second kappa shape index (κ2) is 14.6. The van der Waals surface area contributed by atoms with E-state index in [1.807, 2.05) is 30.3 Å². The number of hydrogen-bond acceptors (Lipinski definition) is 2. The van der Waals surface area contributed by atoms with Gasteiger partial charge in [-0.1, -0.05) is 43.2 Å². The Kier molecular flexibility index (Phi) is 6.90. The Morgan fingerprint density at radius 1 is 1.26 bits per heavy atom. The van der Waals surface area contributed by atoms with E-state index in [4.69, 9.17) is 20.3 Å². The number of allylic oxidation sites excluding steroid dienone is 3. The number of aryl methyl sites for hydroxylation is 2. The van der Waals surface area contributed by atoms with Crippen molar-refractivity contribution in [2.45, 2.75) is 29.8 Å². The zero-order valence-electron chi connectivity index (χ0n) is 28.2. The van der Waals surface area contributed by atoms with Crippen LogP contribution >= 0.6 is 11.8 Å². The summed E-state index contributed by atoms with van der Waals surface area (Å²) in [5.74, 6) is -0.194. The van der Waals surface area contributed by atoms with Gasteiger partial charge in [-0.15, -0.1) is 30.9 Å². The van der Waals surface area contributed by atoms with Crippen LogP contribution in [0.25, 0.3) is 5.32 Å². The molecular formula is C30H29IrN2S. The van der Waals surface area contributed by atoms with E-state index < -0.39 is 20.2 Å². The van der Waals surface area contributed by atoms with Crippen molar-refractivity contribution in [2.24, 2.45) is 0 Å². The van der Waals surface area contributed by atoms with Crippen LogP contribution in [-0.2, 0) is 20.1 Å². The van der Waals surface area contributed by atoms with Crippen LogP contribution in [0.3, 0.4) is 0 Å². The minimum Gasteiger partial charge on any atom is -0.766 e. The average molecular weight is 652 g/mol. The maximum absolute atomic E-state index is 8.06. The largest absolute Gasteiger partial charge is 3.00 e. The number of pyridine rings is 1. The van der Waals surface area contributed by atoms with Crippen molar-refractivity contribution in [1.29, 1.82) is 0 Å². The molecule has 3 heterocycles. The summed E-state index contributed by atoms with van der Waals surface area (Å²) in [5.41, 5.74) is 2.20. The number of fused-ring (bicyclic) bond motifs is 1. The molecule has 174 valence electrons. The van der Waals surface area contributed by atoms with E-state index in [1.54, 1.807) is 48.3 Å². The molecule has 3 aromatic rings. The molecule has 2 aliphatic heterocycles. The third-order valence-electron chi connectivity index (χ3n) is 4.57. The van der Waals surface area contributed by atoms with Crippen LogP contribution in [0.2, 0.25) is 0 Å². The predicted octanol–water partition coefficient (Wildman–Crippen LogP) is 7.80. The Morgan fingerprint density at radius 3 is 2.74 bits per heavy atom. The van der Waals surface area contributed by atoms with Crippen LogP contribution in [0.1, 0.15) is 36.3 Å². The molecule has 2 aromatic carbocycles. The fraction of sp³-hybridized carbons (Fsp3) is 0.167. The Morgan fingerprint density at radius 2 is 2.09 bits per heavy atom. The average Bonchev–Trinajstić information content (AvgIpc) is 3.37. The molecule has 0 aliphatic carbocycles. The molecular weight excluding hydrogens is 613 g/mol. The summed E-state index contributed by atoms with van der Waals surface area (Å²) in [6, 6.07) is 19.4. The number of benzene rings is 2. The first-order valence-electron chi connectivity index (χ1n) is 15.1. The van der Waals surface area contributed by atoms with Crippen molar-refractivity contribution in [3.8, 4) is 0 Å². The molecule has 0 spiro atoms. The molecule has 0 saturated carbocycles. The quantitative estimate of drug-likeness (QED) is 0.214. The number of hydrogen-bond donors (Lipinski definition) is 0. The Bertz CT molecular complexity index is 1440. The molecule has 0 amide bonds. The van der Waals surface area contributed by atoms with Gasteiger partial charge in [-0.05, 0) is 36.0 Å². The van der Waals surface area contributed by atoms with Crippen molar-refractivity contribution >= 4 is 11.8 Å². The van der Waals surface area contributed by atoms with Crippen LogP contribution in [0, 0.1) is 26.3 Å². The molecule has 2 nitrogen and oxygen atoms in total. The normalized spacial score (nSPS) is 25.2. The minimum absolute atomic E-state index is 0. The number of thioether (sulfide) groups is 1. The van der Waals surface area contributed by atoms with Crippen molar-refractivity contribution in [2.75, 3.05) is 6.52 Å². The van der Waals surface area contributed by atoms with Crippen molar-refractivity contribution in [3.05, 3.63) is 150 Å². The molecule has 0 N–H and O–H groups in total. The van der Waals surface area contributed by atoms with Gasteiger partial charge in [0.05, 0.1) is 2.74 Å². The predicted molar refractivity (Wildman–Crippen MR) is 141 cm³/mol. The first-order chi connectivity index (χ1) is 20.2. The van der Waals surface area contributed by atoms with E-state index >= 15 is 0 Å². The van der Waals surface area contributed by atoms with Crippen LogP contribution in [0.4, 0.5) is 0 Å². The van der Waals surface area contributed by atoms with Crippen molar-refractivity contribution in [3.63, 3.8) is 0 Å². The van der Waals surface area contributed by atoms with Crippen LogP contribution in [0.5, 0.6) is 0 Å². The van der Waals surface area contributed by atoms with Crippen LogP contribution in [0.15, 0.2) is 120 Å². The fourth-order valence-corrected chi connectivity index (χ4v) is 4.38. The van der Waals surface area contributed by atoms with E-state index in [-0.39, 0.29) is 60.7 Å². The zero-order chi connectivity index (χ0) is 31.9. The second-order valence-electron chi connectivity index (χ2n) is 6.82. The molecule has 1 aromatic heterocycles. The van der Waals surface area contributed by atoms with E-state index in [0.29, 0.717) is 11.1 Å². The SMILES string of the molecule is [2H]C([2H])([2H])c1c[c-]ccc1.[2H]C([2H])([2H])c1cccnc1.[2H]C1=C(C(=[CH-])C2c3ccccc3SC2C=C)[N-]C([2H])C([2H])=C1[2H].[Ir+3]. The van der Waals surface area contributed by atoms with Crippen molar-refractivity contribution in [1.82, 2.24) is 4.98 Å². The van der Waals surface area contributed by atoms with Gasteiger partial charge in [0.1, 0.15) is 0 Å². The second-order valence-corrected chi connectivity index (χ2v) is 8.04. The van der Waals surface area contributed by atoms with Gasteiger partial charge in [0.2, 0.25) is 0 Å². The first-order valence-corrected chi connectivity index (χ1v) is 10.9. The summed E-state index contributed by atoms with van der Waals surface area (Å²) < 4.78 is 73.2. The molecule has 5 rings (SSSR count). The molecule has 0 saturated heterocycles. The summed E-state index contributed by atoms with van der Waals surface area (Å²) in [4.78, 5) is 4.80. The Labute approximate surface area is 236 Å². The van der Waals surface area contributed by atoms with Gasteiger partial charge < -0.3 is 11.0 Å². The maximum Gasteiger partial charge on any atom is 3.00 e. The number of nitrogens with zero attached hydrogens (tertiary/aromatic N) is 2. The van der Waals surface area contributed by atoms with Crippen LogP contribution < -0.4 is 0 Å². The standard InChI is InChI=1S/C17H15NS.C7H7.C6H7N.Ir/c1-3-15-17(12(2)14-9-6-7-11-18-14)13-8-4-5-10-16(13)19-15;1-7-5-3-2-4-6-7;1-6-3-2-4-7-5-6;/h2-10,15,17H,1,11H2;2-3,5-6H,1H3;2-5H,1H3;/q-2;-1;;+3/i6D,7D,9D,11D;2*1D3;. The van der Waals surface area contributed by atoms with Gasteiger partial charge in [0.25, 0.3) is 0 Å². The van der Waals surface area contributed by atoms with Gasteiger partial charge in [-0.3, -0.25) is 11.6 Å². The molecule has 3 atom stereocenters. The topological polar surface area (TPSA) is 27.0 Å².